The number of rotatable bonds is 1. The van der Waals surface area contributed by atoms with Crippen molar-refractivity contribution in [2.75, 3.05) is 0 Å². The van der Waals surface area contributed by atoms with E-state index in [1.54, 1.807) is 4.68 Å². The smallest absolute Gasteiger partial charge is 0.252 e. The minimum absolute atomic E-state index is 0.155. The number of aromatic amines is 1. The number of nitrogens with one attached hydrogen (secondary N) is 1. The molecule has 0 atom stereocenters. The van der Waals surface area contributed by atoms with Gasteiger partial charge >= 0.3 is 0 Å². The maximum Gasteiger partial charge on any atom is 0.252 e. The molecule has 0 aliphatic heterocycles. The minimum Gasteiger partial charge on any atom is -0.291 e. The van der Waals surface area contributed by atoms with Crippen molar-refractivity contribution in [3.05, 3.63) is 39.6 Å². The molecule has 0 amide bonds. The van der Waals surface area contributed by atoms with Gasteiger partial charge in [0.25, 0.3) is 5.56 Å². The van der Waals surface area contributed by atoms with E-state index >= 15 is 0 Å². The van der Waals surface area contributed by atoms with Crippen LogP contribution in [0.5, 0.6) is 0 Å². The first-order valence-corrected chi connectivity index (χ1v) is 5.93. The van der Waals surface area contributed by atoms with Crippen LogP contribution in [0.25, 0.3) is 5.95 Å². The first-order chi connectivity index (χ1) is 8.27. The molecule has 2 rings (SSSR count). The highest BCUT2D eigenvalue weighted by Crippen LogP contribution is 2.19. The van der Waals surface area contributed by atoms with Gasteiger partial charge in [0.1, 0.15) is 0 Å². The molecule has 0 radical (unpaired) electrons. The number of hydrogen-bond donors (Lipinski definition) is 1. The number of hydrogen-bond acceptors (Lipinski definition) is 3. The lowest BCUT2D eigenvalue weighted by Crippen LogP contribution is -2.22. The molecule has 1 N–H and O–H groups in total. The number of H-pyrrole nitrogens is 1. The Kier molecular flexibility index (Phi) is 2.84. The van der Waals surface area contributed by atoms with E-state index in [1.807, 2.05) is 40.7 Å². The first-order valence-electron chi connectivity index (χ1n) is 5.93. The fourth-order valence-corrected chi connectivity index (χ4v) is 1.77. The summed E-state index contributed by atoms with van der Waals surface area (Å²) >= 11 is 0. The molecule has 96 valence electrons. The summed E-state index contributed by atoms with van der Waals surface area (Å²) in [5.74, 6) is 0.470. The molecule has 18 heavy (non-hydrogen) atoms. The second-order valence-corrected chi connectivity index (χ2v) is 5.54. The van der Waals surface area contributed by atoms with Gasteiger partial charge in [0.2, 0.25) is 5.95 Å². The molecule has 0 aliphatic rings. The van der Waals surface area contributed by atoms with Crippen molar-refractivity contribution >= 4 is 0 Å². The second kappa shape index (κ2) is 4.08. The van der Waals surface area contributed by atoms with Crippen LogP contribution in [-0.4, -0.2) is 19.7 Å². The van der Waals surface area contributed by atoms with E-state index in [1.165, 1.54) is 6.07 Å². The number of aryl methyl sites for hydroxylation is 2. The van der Waals surface area contributed by atoms with Gasteiger partial charge in [-0.05, 0) is 19.9 Å². The van der Waals surface area contributed by atoms with Crippen LogP contribution >= 0.6 is 0 Å². The fourth-order valence-electron chi connectivity index (χ4n) is 1.77. The molecular weight excluding hydrogens is 228 g/mol. The SMILES string of the molecule is Cc1cc(C)n(-c2nc(C(C)(C)C)cc(=O)[nH]2)n1. The molecule has 0 fully saturated rings. The predicted molar refractivity (Wildman–Crippen MR) is 70.2 cm³/mol. The van der Waals surface area contributed by atoms with Crippen molar-refractivity contribution in [3.63, 3.8) is 0 Å². The van der Waals surface area contributed by atoms with Gasteiger partial charge in [-0.15, -0.1) is 0 Å². The summed E-state index contributed by atoms with van der Waals surface area (Å²) in [6, 6.07) is 3.49. The van der Waals surface area contributed by atoms with Gasteiger partial charge < -0.3 is 0 Å². The van der Waals surface area contributed by atoms with E-state index in [-0.39, 0.29) is 11.0 Å². The van der Waals surface area contributed by atoms with E-state index < -0.39 is 0 Å². The summed E-state index contributed by atoms with van der Waals surface area (Å²) in [5.41, 5.74) is 2.28. The number of aromatic nitrogens is 4. The molecular formula is C13H18N4O. The third-order valence-electron chi connectivity index (χ3n) is 2.71. The second-order valence-electron chi connectivity index (χ2n) is 5.54. The van der Waals surface area contributed by atoms with Crippen LogP contribution in [0.3, 0.4) is 0 Å². The summed E-state index contributed by atoms with van der Waals surface area (Å²) < 4.78 is 1.66. The van der Waals surface area contributed by atoms with E-state index in [4.69, 9.17) is 0 Å². The van der Waals surface area contributed by atoms with E-state index in [0.29, 0.717) is 5.95 Å². The first kappa shape index (κ1) is 12.5. The normalized spacial score (nSPS) is 11.8. The molecule has 0 unspecified atom stereocenters. The van der Waals surface area contributed by atoms with Gasteiger partial charge in [-0.3, -0.25) is 9.78 Å². The lowest BCUT2D eigenvalue weighted by atomic mass is 9.92. The Balaban J connectivity index is 2.63. The molecule has 0 bridgehead atoms. The van der Waals surface area contributed by atoms with Gasteiger partial charge in [-0.2, -0.15) is 5.10 Å². The standard InChI is InChI=1S/C13H18N4O/c1-8-6-9(2)17(16-8)12-14-10(13(3,4)5)7-11(18)15-12/h6-7H,1-5H3,(H,14,15,18). The average molecular weight is 246 g/mol. The van der Waals surface area contributed by atoms with Gasteiger partial charge in [0.05, 0.1) is 11.4 Å². The zero-order valence-corrected chi connectivity index (χ0v) is 11.4. The van der Waals surface area contributed by atoms with Crippen LogP contribution in [0.1, 0.15) is 37.9 Å². The molecule has 5 nitrogen and oxygen atoms in total. The number of nitrogens with zero attached hydrogens (tertiary/aromatic N) is 3. The maximum absolute atomic E-state index is 11.7. The van der Waals surface area contributed by atoms with Crippen LogP contribution < -0.4 is 5.56 Å². The van der Waals surface area contributed by atoms with Gasteiger partial charge in [0, 0.05) is 17.2 Å². The monoisotopic (exact) mass is 246 g/mol. The van der Waals surface area contributed by atoms with Crippen molar-refractivity contribution in [3.8, 4) is 5.95 Å². The lowest BCUT2D eigenvalue weighted by molar-refractivity contribution is 0.560. The van der Waals surface area contributed by atoms with Crippen molar-refractivity contribution in [1.29, 1.82) is 0 Å². The maximum atomic E-state index is 11.7. The van der Waals surface area contributed by atoms with Gasteiger partial charge in [0.15, 0.2) is 0 Å². The molecule has 2 aromatic rings. The van der Waals surface area contributed by atoms with Crippen molar-refractivity contribution in [1.82, 2.24) is 19.7 Å². The predicted octanol–water partition coefficient (Wildman–Crippen LogP) is 1.87. The summed E-state index contributed by atoms with van der Waals surface area (Å²) in [6.45, 7) is 9.93. The van der Waals surface area contributed by atoms with Crippen molar-refractivity contribution < 1.29 is 0 Å². The highest BCUT2D eigenvalue weighted by molar-refractivity contribution is 5.22. The summed E-state index contributed by atoms with van der Waals surface area (Å²) in [6.07, 6.45) is 0. The van der Waals surface area contributed by atoms with Crippen LogP contribution in [-0.2, 0) is 5.41 Å². The molecule has 0 saturated heterocycles. The quantitative estimate of drug-likeness (QED) is 0.835. The van der Waals surface area contributed by atoms with E-state index in [0.717, 1.165) is 17.1 Å². The molecule has 0 spiro atoms. The molecule has 2 aromatic heterocycles. The van der Waals surface area contributed by atoms with Crippen LogP contribution in [0, 0.1) is 13.8 Å². The van der Waals surface area contributed by atoms with Crippen molar-refractivity contribution in [2.45, 2.75) is 40.0 Å². The highest BCUT2D eigenvalue weighted by atomic mass is 16.1. The molecule has 2 heterocycles. The molecule has 0 aromatic carbocycles. The van der Waals surface area contributed by atoms with Crippen LogP contribution in [0.15, 0.2) is 16.9 Å². The Bertz CT molecular complexity index is 631. The van der Waals surface area contributed by atoms with Crippen LogP contribution in [0.4, 0.5) is 0 Å². The largest absolute Gasteiger partial charge is 0.291 e. The zero-order chi connectivity index (χ0) is 13.5. The Hall–Kier alpha value is -1.91. The summed E-state index contributed by atoms with van der Waals surface area (Å²) in [7, 11) is 0. The highest BCUT2D eigenvalue weighted by Gasteiger charge is 2.18. The molecule has 0 aliphatic carbocycles. The van der Waals surface area contributed by atoms with Gasteiger partial charge in [-0.25, -0.2) is 9.67 Å². The van der Waals surface area contributed by atoms with Crippen molar-refractivity contribution in [2.24, 2.45) is 0 Å². The van der Waals surface area contributed by atoms with Gasteiger partial charge in [-0.1, -0.05) is 20.8 Å². The zero-order valence-electron chi connectivity index (χ0n) is 11.4. The van der Waals surface area contributed by atoms with E-state index in [9.17, 15) is 4.79 Å². The summed E-state index contributed by atoms with van der Waals surface area (Å²) in [5, 5.41) is 4.33. The Morgan fingerprint density at radius 3 is 2.39 bits per heavy atom. The minimum atomic E-state index is -0.168. The van der Waals surface area contributed by atoms with E-state index in [2.05, 4.69) is 15.1 Å². The topological polar surface area (TPSA) is 63.6 Å². The third-order valence-corrected chi connectivity index (χ3v) is 2.71. The lowest BCUT2D eigenvalue weighted by Gasteiger charge is -2.17. The third kappa shape index (κ3) is 2.34. The fraction of sp³-hybridized carbons (Fsp3) is 0.462. The Morgan fingerprint density at radius 2 is 1.89 bits per heavy atom. The summed E-state index contributed by atoms with van der Waals surface area (Å²) in [4.78, 5) is 18.9. The Labute approximate surface area is 106 Å². The molecule has 5 heteroatoms. The van der Waals surface area contributed by atoms with Crippen LogP contribution in [0.2, 0.25) is 0 Å². The average Bonchev–Trinajstić information content (AvgIpc) is 2.55. The Morgan fingerprint density at radius 1 is 1.22 bits per heavy atom. The molecule has 0 saturated carbocycles.